The van der Waals surface area contributed by atoms with Gasteiger partial charge in [-0.2, -0.15) is 0 Å². The maximum atomic E-state index is 12.4. The van der Waals surface area contributed by atoms with Crippen molar-refractivity contribution in [1.29, 1.82) is 0 Å². The van der Waals surface area contributed by atoms with Gasteiger partial charge in [-0.25, -0.2) is 4.79 Å². The normalized spacial score (nSPS) is 11.7. The second-order valence-corrected chi connectivity index (χ2v) is 6.36. The van der Waals surface area contributed by atoms with Crippen molar-refractivity contribution < 1.29 is 14.3 Å². The number of anilines is 1. The second kappa shape index (κ2) is 9.08. The van der Waals surface area contributed by atoms with Crippen LogP contribution in [0.4, 0.5) is 10.5 Å². The Balaban J connectivity index is 1.91. The second-order valence-electron chi connectivity index (χ2n) is 5.92. The largest absolute Gasteiger partial charge is 0.445 e. The molecule has 1 atom stereocenters. The zero-order valence-electron chi connectivity index (χ0n) is 14.2. The summed E-state index contributed by atoms with van der Waals surface area (Å²) in [6, 6.07) is 15.4. The van der Waals surface area contributed by atoms with E-state index in [1.165, 1.54) is 0 Å². The van der Waals surface area contributed by atoms with E-state index in [1.54, 1.807) is 24.3 Å². The van der Waals surface area contributed by atoms with E-state index in [-0.39, 0.29) is 18.4 Å². The predicted octanol–water partition coefficient (Wildman–Crippen LogP) is 4.23. The van der Waals surface area contributed by atoms with Crippen LogP contribution in [0.3, 0.4) is 0 Å². The van der Waals surface area contributed by atoms with Gasteiger partial charge in [-0.1, -0.05) is 55.8 Å². The molecule has 0 spiro atoms. The van der Waals surface area contributed by atoms with Gasteiger partial charge in [0.15, 0.2) is 0 Å². The number of rotatable bonds is 6. The molecule has 0 bridgehead atoms. The van der Waals surface area contributed by atoms with Crippen molar-refractivity contribution in [2.45, 2.75) is 26.5 Å². The van der Waals surface area contributed by atoms with Crippen molar-refractivity contribution >= 4 is 29.3 Å². The molecule has 0 fully saturated rings. The number of ether oxygens (including phenoxy) is 1. The fourth-order valence-electron chi connectivity index (χ4n) is 2.18. The molecule has 2 N–H and O–H groups in total. The maximum absolute atomic E-state index is 12.4. The number of carbonyl (C=O) groups is 2. The fraction of sp³-hybridized carbons (Fsp3) is 0.263. The van der Waals surface area contributed by atoms with Gasteiger partial charge in [0.1, 0.15) is 12.6 Å². The highest BCUT2D eigenvalue weighted by Crippen LogP contribution is 2.14. The lowest BCUT2D eigenvalue weighted by molar-refractivity contribution is -0.119. The zero-order chi connectivity index (χ0) is 18.2. The molecule has 0 aromatic heterocycles. The summed E-state index contributed by atoms with van der Waals surface area (Å²) < 4.78 is 5.18. The van der Waals surface area contributed by atoms with Gasteiger partial charge in [0.2, 0.25) is 5.91 Å². The van der Waals surface area contributed by atoms with Crippen molar-refractivity contribution in [2.75, 3.05) is 5.32 Å². The predicted molar refractivity (Wildman–Crippen MR) is 98.5 cm³/mol. The van der Waals surface area contributed by atoms with E-state index in [1.807, 2.05) is 44.2 Å². The third-order valence-corrected chi connectivity index (χ3v) is 3.80. The Bertz CT molecular complexity index is 702. The summed E-state index contributed by atoms with van der Waals surface area (Å²) >= 11 is 5.83. The van der Waals surface area contributed by atoms with Crippen LogP contribution < -0.4 is 10.6 Å². The first-order chi connectivity index (χ1) is 12.0. The van der Waals surface area contributed by atoms with Crippen molar-refractivity contribution in [1.82, 2.24) is 5.32 Å². The standard InChI is InChI=1S/C19H21ClN2O3/c1-13(2)17(18(23)21-16-10-8-15(20)9-11-16)22-19(24)25-12-14-6-4-3-5-7-14/h3-11,13,17H,12H2,1-2H3,(H,21,23)(H,22,24). The first kappa shape index (κ1) is 18.8. The average molecular weight is 361 g/mol. The number of hydrogen-bond acceptors (Lipinski definition) is 3. The summed E-state index contributed by atoms with van der Waals surface area (Å²) in [5, 5.41) is 5.96. The average Bonchev–Trinajstić information content (AvgIpc) is 2.60. The molecule has 0 aliphatic rings. The molecule has 2 amide bonds. The molecule has 2 rings (SSSR count). The van der Waals surface area contributed by atoms with E-state index >= 15 is 0 Å². The summed E-state index contributed by atoms with van der Waals surface area (Å²) in [4.78, 5) is 24.4. The number of nitrogens with one attached hydrogen (secondary N) is 2. The van der Waals surface area contributed by atoms with Crippen LogP contribution in [0, 0.1) is 5.92 Å². The smallest absolute Gasteiger partial charge is 0.408 e. The molecule has 5 nitrogen and oxygen atoms in total. The minimum Gasteiger partial charge on any atom is -0.445 e. The number of carbonyl (C=O) groups excluding carboxylic acids is 2. The van der Waals surface area contributed by atoms with E-state index in [0.717, 1.165) is 5.56 Å². The zero-order valence-corrected chi connectivity index (χ0v) is 14.9. The van der Waals surface area contributed by atoms with Crippen LogP contribution in [0.1, 0.15) is 19.4 Å². The molecule has 0 aliphatic carbocycles. The van der Waals surface area contributed by atoms with Crippen molar-refractivity contribution in [2.24, 2.45) is 5.92 Å². The van der Waals surface area contributed by atoms with Crippen LogP contribution in [0.25, 0.3) is 0 Å². The summed E-state index contributed by atoms with van der Waals surface area (Å²) in [6.07, 6.45) is -0.631. The molecule has 25 heavy (non-hydrogen) atoms. The SMILES string of the molecule is CC(C)C(NC(=O)OCc1ccccc1)C(=O)Nc1ccc(Cl)cc1. The first-order valence-electron chi connectivity index (χ1n) is 7.99. The highest BCUT2D eigenvalue weighted by atomic mass is 35.5. The molecule has 0 radical (unpaired) electrons. The van der Waals surface area contributed by atoms with Gasteiger partial charge in [0.25, 0.3) is 0 Å². The molecule has 0 heterocycles. The molecule has 132 valence electrons. The van der Waals surface area contributed by atoms with E-state index in [2.05, 4.69) is 10.6 Å². The highest BCUT2D eigenvalue weighted by Gasteiger charge is 2.25. The van der Waals surface area contributed by atoms with Gasteiger partial charge in [-0.15, -0.1) is 0 Å². The van der Waals surface area contributed by atoms with Crippen molar-refractivity contribution in [3.05, 3.63) is 65.2 Å². The monoisotopic (exact) mass is 360 g/mol. The molecule has 2 aromatic carbocycles. The molecule has 0 saturated carbocycles. The minimum atomic E-state index is -0.709. The Morgan fingerprint density at radius 3 is 2.28 bits per heavy atom. The molecule has 0 aliphatic heterocycles. The third kappa shape index (κ3) is 6.12. The topological polar surface area (TPSA) is 67.4 Å². The Morgan fingerprint density at radius 2 is 1.68 bits per heavy atom. The highest BCUT2D eigenvalue weighted by molar-refractivity contribution is 6.30. The quantitative estimate of drug-likeness (QED) is 0.810. The summed E-state index contributed by atoms with van der Waals surface area (Å²) in [7, 11) is 0. The lowest BCUT2D eigenvalue weighted by atomic mass is 10.0. The van der Waals surface area contributed by atoms with Gasteiger partial charge in [0, 0.05) is 10.7 Å². The molecular formula is C19H21ClN2O3. The van der Waals surface area contributed by atoms with Gasteiger partial charge in [-0.3, -0.25) is 4.79 Å². The summed E-state index contributed by atoms with van der Waals surface area (Å²) in [6.45, 7) is 3.85. The Labute approximate surface area is 152 Å². The Hall–Kier alpha value is -2.53. The van der Waals surface area contributed by atoms with E-state index in [9.17, 15) is 9.59 Å². The molecular weight excluding hydrogens is 340 g/mol. The Kier molecular flexibility index (Phi) is 6.83. The van der Waals surface area contributed by atoms with Crippen LogP contribution in [0.2, 0.25) is 5.02 Å². The van der Waals surface area contributed by atoms with Crippen LogP contribution >= 0.6 is 11.6 Å². The lowest BCUT2D eigenvalue weighted by Gasteiger charge is -2.21. The molecule has 6 heteroatoms. The maximum Gasteiger partial charge on any atom is 0.408 e. The van der Waals surface area contributed by atoms with Crippen LogP contribution in [0.15, 0.2) is 54.6 Å². The van der Waals surface area contributed by atoms with Gasteiger partial charge in [-0.05, 0) is 35.7 Å². The third-order valence-electron chi connectivity index (χ3n) is 3.55. The fourth-order valence-corrected chi connectivity index (χ4v) is 2.31. The molecule has 2 aromatic rings. The van der Waals surface area contributed by atoms with E-state index < -0.39 is 12.1 Å². The van der Waals surface area contributed by atoms with Gasteiger partial charge >= 0.3 is 6.09 Å². The minimum absolute atomic E-state index is 0.100. The number of benzene rings is 2. The van der Waals surface area contributed by atoms with Gasteiger partial charge in [0.05, 0.1) is 0 Å². The van der Waals surface area contributed by atoms with Crippen LogP contribution in [-0.2, 0) is 16.1 Å². The number of hydrogen-bond donors (Lipinski definition) is 2. The summed E-state index contributed by atoms with van der Waals surface area (Å²) in [5.74, 6) is -0.412. The van der Waals surface area contributed by atoms with Crippen LogP contribution in [0.5, 0.6) is 0 Å². The number of halogens is 1. The van der Waals surface area contributed by atoms with E-state index in [4.69, 9.17) is 16.3 Å². The number of alkyl carbamates (subject to hydrolysis) is 1. The van der Waals surface area contributed by atoms with E-state index in [0.29, 0.717) is 10.7 Å². The lowest BCUT2D eigenvalue weighted by Crippen LogP contribution is -2.47. The number of amides is 2. The van der Waals surface area contributed by atoms with Crippen molar-refractivity contribution in [3.8, 4) is 0 Å². The Morgan fingerprint density at radius 1 is 1.04 bits per heavy atom. The summed E-state index contributed by atoms with van der Waals surface area (Å²) in [5.41, 5.74) is 1.49. The first-order valence-corrected chi connectivity index (χ1v) is 8.37. The molecule has 0 saturated heterocycles. The van der Waals surface area contributed by atoms with Gasteiger partial charge < -0.3 is 15.4 Å². The molecule has 1 unspecified atom stereocenters. The van der Waals surface area contributed by atoms with Crippen molar-refractivity contribution in [3.63, 3.8) is 0 Å². The van der Waals surface area contributed by atoms with Crippen LogP contribution in [-0.4, -0.2) is 18.0 Å².